The average molecular weight is 581 g/mol. The molecule has 0 saturated heterocycles. The lowest BCUT2D eigenvalue weighted by Crippen LogP contribution is -2.32. The fraction of sp³-hybridized carbons (Fsp3) is 0.267. The Balaban J connectivity index is 1.43. The zero-order valence-electron chi connectivity index (χ0n) is 22.2. The maximum atomic E-state index is 13.8. The number of carbonyl (C=O) groups excluding carboxylic acids is 1. The maximum Gasteiger partial charge on any atom is 0.241 e. The van der Waals surface area contributed by atoms with Crippen LogP contribution in [0.1, 0.15) is 54.2 Å². The molecule has 0 spiro atoms. The standard InChI is InChI=1S/C30H30ClFN4O3S/c1-20(21-6-10-24(32)11-7-21)16-30(37)36(19-29-33-14-15-35(29)2)25-12-8-22-9-13-28(27(22)18-25)34-40(38,39)26-5-3-4-23(31)17-26/h3-8,10-12,14-15,17-18,20,28,34H,9,13,16,19H2,1-2H3/t20-,28+/m1/s1. The first-order chi connectivity index (χ1) is 19.1. The van der Waals surface area contributed by atoms with Crippen molar-refractivity contribution in [3.63, 3.8) is 0 Å². The summed E-state index contributed by atoms with van der Waals surface area (Å²) < 4.78 is 44.4. The largest absolute Gasteiger partial charge is 0.337 e. The second kappa shape index (κ2) is 11.5. The highest BCUT2D eigenvalue weighted by molar-refractivity contribution is 7.89. The molecule has 0 saturated carbocycles. The summed E-state index contributed by atoms with van der Waals surface area (Å²) in [5.41, 5.74) is 3.40. The molecule has 0 aliphatic heterocycles. The van der Waals surface area contributed by atoms with Crippen LogP contribution in [0.4, 0.5) is 10.1 Å². The molecule has 1 amide bonds. The van der Waals surface area contributed by atoms with E-state index in [1.54, 1.807) is 35.4 Å². The molecule has 7 nitrogen and oxygen atoms in total. The second-order valence-electron chi connectivity index (χ2n) is 10.1. The molecule has 4 aromatic rings. The Labute approximate surface area is 238 Å². The van der Waals surface area contributed by atoms with Gasteiger partial charge in [0.05, 0.1) is 11.4 Å². The van der Waals surface area contributed by atoms with Gasteiger partial charge in [0.1, 0.15) is 11.6 Å². The van der Waals surface area contributed by atoms with E-state index >= 15 is 0 Å². The third kappa shape index (κ3) is 6.11. The first-order valence-electron chi connectivity index (χ1n) is 13.0. The minimum atomic E-state index is -3.81. The van der Waals surface area contributed by atoms with Crippen LogP contribution >= 0.6 is 11.6 Å². The number of nitrogens with zero attached hydrogens (tertiary/aromatic N) is 3. The highest BCUT2D eigenvalue weighted by Gasteiger charge is 2.30. The summed E-state index contributed by atoms with van der Waals surface area (Å²) in [7, 11) is -1.94. The van der Waals surface area contributed by atoms with Crippen molar-refractivity contribution in [2.75, 3.05) is 4.90 Å². The zero-order chi connectivity index (χ0) is 28.4. The molecular weight excluding hydrogens is 551 g/mol. The second-order valence-corrected chi connectivity index (χ2v) is 12.3. The molecule has 0 fully saturated rings. The molecule has 1 aliphatic rings. The summed E-state index contributed by atoms with van der Waals surface area (Å²) in [5.74, 6) is 0.136. The topological polar surface area (TPSA) is 84.3 Å². The summed E-state index contributed by atoms with van der Waals surface area (Å²) in [6.45, 7) is 2.18. The number of aryl methyl sites for hydroxylation is 2. The summed E-state index contributed by atoms with van der Waals surface area (Å²) >= 11 is 6.03. The number of amides is 1. The SMILES string of the molecule is C[C@H](CC(=O)N(Cc1nccn1C)c1ccc2c(c1)[C@@H](NS(=O)(=O)c1cccc(Cl)c1)CC2)c1ccc(F)cc1. The van der Waals surface area contributed by atoms with Crippen LogP contribution in [0.5, 0.6) is 0 Å². The monoisotopic (exact) mass is 580 g/mol. The number of aromatic nitrogens is 2. The Kier molecular flexibility index (Phi) is 8.07. The van der Waals surface area contributed by atoms with Crippen molar-refractivity contribution in [3.05, 3.63) is 112 Å². The number of hydrogen-bond donors (Lipinski definition) is 1. The van der Waals surface area contributed by atoms with Crippen LogP contribution in [0.25, 0.3) is 0 Å². The smallest absolute Gasteiger partial charge is 0.241 e. The fourth-order valence-corrected chi connectivity index (χ4v) is 6.61. The van der Waals surface area contributed by atoms with Crippen LogP contribution in [-0.4, -0.2) is 23.9 Å². The van der Waals surface area contributed by atoms with E-state index < -0.39 is 16.1 Å². The van der Waals surface area contributed by atoms with Gasteiger partial charge >= 0.3 is 0 Å². The normalized spacial score (nSPS) is 15.6. The van der Waals surface area contributed by atoms with Gasteiger partial charge in [-0.1, -0.05) is 42.8 Å². The molecule has 40 heavy (non-hydrogen) atoms. The Bertz CT molecular complexity index is 1640. The van der Waals surface area contributed by atoms with Crippen molar-refractivity contribution in [1.82, 2.24) is 14.3 Å². The number of carbonyl (C=O) groups is 1. The molecule has 10 heteroatoms. The number of halogens is 2. The van der Waals surface area contributed by atoms with E-state index in [9.17, 15) is 17.6 Å². The highest BCUT2D eigenvalue weighted by Crippen LogP contribution is 2.36. The van der Waals surface area contributed by atoms with Gasteiger partial charge in [-0.05, 0) is 77.9 Å². The lowest BCUT2D eigenvalue weighted by molar-refractivity contribution is -0.119. The minimum Gasteiger partial charge on any atom is -0.337 e. The Morgan fingerprint density at radius 3 is 2.65 bits per heavy atom. The number of hydrogen-bond acceptors (Lipinski definition) is 4. The summed E-state index contributed by atoms with van der Waals surface area (Å²) in [6, 6.07) is 17.7. The molecule has 0 bridgehead atoms. The summed E-state index contributed by atoms with van der Waals surface area (Å²) in [4.78, 5) is 19.9. The van der Waals surface area contributed by atoms with Crippen LogP contribution < -0.4 is 9.62 Å². The van der Waals surface area contributed by atoms with Gasteiger partial charge in [0.25, 0.3) is 0 Å². The van der Waals surface area contributed by atoms with E-state index in [4.69, 9.17) is 11.6 Å². The Morgan fingerprint density at radius 2 is 1.95 bits per heavy atom. The van der Waals surface area contributed by atoms with Gasteiger partial charge in [0.15, 0.2) is 0 Å². The van der Waals surface area contributed by atoms with E-state index in [1.807, 2.05) is 42.9 Å². The number of imidazole rings is 1. The molecule has 0 radical (unpaired) electrons. The van der Waals surface area contributed by atoms with Crippen LogP contribution in [0, 0.1) is 5.82 Å². The maximum absolute atomic E-state index is 13.8. The number of sulfonamides is 1. The number of nitrogens with one attached hydrogen (secondary N) is 1. The molecule has 1 N–H and O–H groups in total. The fourth-order valence-electron chi connectivity index (χ4n) is 5.06. The molecule has 1 aliphatic carbocycles. The van der Waals surface area contributed by atoms with Gasteiger partial charge in [0, 0.05) is 42.6 Å². The van der Waals surface area contributed by atoms with Crippen molar-refractivity contribution in [3.8, 4) is 0 Å². The van der Waals surface area contributed by atoms with Gasteiger partial charge in [-0.25, -0.2) is 22.5 Å². The van der Waals surface area contributed by atoms with Crippen LogP contribution in [0.15, 0.2) is 84.0 Å². The van der Waals surface area contributed by atoms with Crippen molar-refractivity contribution >= 4 is 33.2 Å². The molecule has 5 rings (SSSR count). The molecule has 1 heterocycles. The third-order valence-electron chi connectivity index (χ3n) is 7.36. The lowest BCUT2D eigenvalue weighted by atomic mass is 9.97. The molecule has 208 valence electrons. The van der Waals surface area contributed by atoms with Crippen molar-refractivity contribution in [2.24, 2.45) is 7.05 Å². The highest BCUT2D eigenvalue weighted by atomic mass is 35.5. The first-order valence-corrected chi connectivity index (χ1v) is 14.9. The van der Waals surface area contributed by atoms with Crippen molar-refractivity contribution in [1.29, 1.82) is 0 Å². The molecule has 1 aromatic heterocycles. The molecular formula is C30H30ClFN4O3S. The average Bonchev–Trinajstić information content (AvgIpc) is 3.52. The van der Waals surface area contributed by atoms with Gasteiger partial charge in [0.2, 0.25) is 15.9 Å². The quantitative estimate of drug-likeness (QED) is 0.267. The zero-order valence-corrected chi connectivity index (χ0v) is 23.8. The molecule has 3 aromatic carbocycles. The van der Waals surface area contributed by atoms with Gasteiger partial charge < -0.3 is 9.47 Å². The Hall–Kier alpha value is -3.53. The molecule has 2 atom stereocenters. The van der Waals surface area contributed by atoms with E-state index in [0.717, 1.165) is 16.7 Å². The number of benzene rings is 3. The van der Waals surface area contributed by atoms with Crippen LogP contribution in [-0.2, 0) is 34.8 Å². The number of fused-ring (bicyclic) bond motifs is 1. The number of rotatable bonds is 9. The predicted molar refractivity (Wildman–Crippen MR) is 153 cm³/mol. The predicted octanol–water partition coefficient (Wildman–Crippen LogP) is 5.91. The van der Waals surface area contributed by atoms with E-state index in [1.165, 1.54) is 24.3 Å². The van der Waals surface area contributed by atoms with Gasteiger partial charge in [-0.2, -0.15) is 0 Å². The summed E-state index contributed by atoms with van der Waals surface area (Å²) in [5, 5.41) is 0.343. The minimum absolute atomic E-state index is 0.103. The lowest BCUT2D eigenvalue weighted by Gasteiger charge is -2.26. The van der Waals surface area contributed by atoms with Crippen LogP contribution in [0.3, 0.4) is 0 Å². The van der Waals surface area contributed by atoms with Gasteiger partial charge in [-0.3, -0.25) is 4.79 Å². The van der Waals surface area contributed by atoms with E-state index in [-0.39, 0.29) is 35.5 Å². The third-order valence-corrected chi connectivity index (χ3v) is 9.07. The van der Waals surface area contributed by atoms with E-state index in [0.29, 0.717) is 29.4 Å². The van der Waals surface area contributed by atoms with E-state index in [2.05, 4.69) is 9.71 Å². The summed E-state index contributed by atoms with van der Waals surface area (Å²) in [6.07, 6.45) is 5.03. The van der Waals surface area contributed by atoms with Crippen LogP contribution in [0.2, 0.25) is 5.02 Å². The van der Waals surface area contributed by atoms with Gasteiger partial charge in [-0.15, -0.1) is 0 Å². The Morgan fingerprint density at radius 1 is 1.18 bits per heavy atom. The first kappa shape index (κ1) is 28.0. The van der Waals surface area contributed by atoms with Crippen molar-refractivity contribution in [2.45, 2.75) is 49.6 Å². The number of anilines is 1. The molecule has 0 unspecified atom stereocenters. The van der Waals surface area contributed by atoms with Crippen molar-refractivity contribution < 1.29 is 17.6 Å².